The van der Waals surface area contributed by atoms with E-state index in [0.29, 0.717) is 6.54 Å². The number of nitrogens with one attached hydrogen (secondary N) is 2. The van der Waals surface area contributed by atoms with Crippen LogP contribution in [0.5, 0.6) is 0 Å². The molecule has 0 aliphatic carbocycles. The van der Waals surface area contributed by atoms with Gasteiger partial charge in [0, 0.05) is 38.4 Å². The van der Waals surface area contributed by atoms with Crippen LogP contribution in [0.2, 0.25) is 0 Å². The van der Waals surface area contributed by atoms with Crippen molar-refractivity contribution in [2.45, 2.75) is 18.9 Å². The molecule has 0 unspecified atom stereocenters. The second-order valence-electron chi connectivity index (χ2n) is 6.17. The molecule has 1 heterocycles. The van der Waals surface area contributed by atoms with E-state index in [1.165, 1.54) is 0 Å². The van der Waals surface area contributed by atoms with E-state index in [-0.39, 0.29) is 18.2 Å². The van der Waals surface area contributed by atoms with Gasteiger partial charge in [-0.15, -0.1) is 0 Å². The standard InChI is InChI=1S/C19H21N3O2/c1-22(2)14-9-7-13(8-10-14)12-20-19(24)16-11-18(23)21-17-6-4-3-5-15(16)17/h3-10,16H,11-12H2,1-2H3,(H,20,24)(H,21,23)/t16-/m0/s1. The summed E-state index contributed by atoms with van der Waals surface area (Å²) in [5.74, 6) is -0.672. The van der Waals surface area contributed by atoms with Crippen molar-refractivity contribution in [2.24, 2.45) is 0 Å². The number of carbonyl (C=O) groups excluding carboxylic acids is 2. The third-order valence-corrected chi connectivity index (χ3v) is 4.24. The molecule has 0 spiro atoms. The van der Waals surface area contributed by atoms with Gasteiger partial charge in [-0.2, -0.15) is 0 Å². The molecule has 0 fully saturated rings. The van der Waals surface area contributed by atoms with Crippen molar-refractivity contribution in [3.8, 4) is 0 Å². The fraction of sp³-hybridized carbons (Fsp3) is 0.263. The minimum absolute atomic E-state index is 0.117. The van der Waals surface area contributed by atoms with Gasteiger partial charge in [0.15, 0.2) is 0 Å². The summed E-state index contributed by atoms with van der Waals surface area (Å²) < 4.78 is 0. The fourth-order valence-electron chi connectivity index (χ4n) is 2.87. The maximum Gasteiger partial charge on any atom is 0.228 e. The van der Waals surface area contributed by atoms with Crippen LogP contribution in [-0.2, 0) is 16.1 Å². The van der Waals surface area contributed by atoms with Crippen molar-refractivity contribution in [3.05, 3.63) is 59.7 Å². The highest BCUT2D eigenvalue weighted by atomic mass is 16.2. The Morgan fingerprint density at radius 3 is 2.58 bits per heavy atom. The quantitative estimate of drug-likeness (QED) is 0.909. The van der Waals surface area contributed by atoms with E-state index in [4.69, 9.17) is 0 Å². The Balaban J connectivity index is 1.68. The van der Waals surface area contributed by atoms with E-state index in [0.717, 1.165) is 22.5 Å². The maximum atomic E-state index is 12.6. The predicted octanol–water partition coefficient (Wildman–Crippen LogP) is 2.49. The highest BCUT2D eigenvalue weighted by molar-refractivity contribution is 6.01. The molecule has 0 radical (unpaired) electrons. The zero-order valence-corrected chi connectivity index (χ0v) is 13.9. The molecule has 2 aromatic rings. The van der Waals surface area contributed by atoms with Gasteiger partial charge in [-0.3, -0.25) is 9.59 Å². The zero-order chi connectivity index (χ0) is 17.1. The van der Waals surface area contributed by atoms with Crippen LogP contribution < -0.4 is 15.5 Å². The second kappa shape index (κ2) is 6.74. The molecular weight excluding hydrogens is 302 g/mol. The average molecular weight is 323 g/mol. The monoisotopic (exact) mass is 323 g/mol. The Hall–Kier alpha value is -2.82. The van der Waals surface area contributed by atoms with E-state index in [1.807, 2.05) is 67.5 Å². The van der Waals surface area contributed by atoms with Crippen LogP contribution in [0.4, 0.5) is 11.4 Å². The Labute approximate surface area is 141 Å². The van der Waals surface area contributed by atoms with Crippen molar-refractivity contribution in [2.75, 3.05) is 24.3 Å². The second-order valence-corrected chi connectivity index (χ2v) is 6.17. The number of carbonyl (C=O) groups is 2. The predicted molar refractivity (Wildman–Crippen MR) is 95.0 cm³/mol. The Morgan fingerprint density at radius 2 is 1.88 bits per heavy atom. The van der Waals surface area contributed by atoms with Gasteiger partial charge in [-0.25, -0.2) is 0 Å². The van der Waals surface area contributed by atoms with Crippen molar-refractivity contribution in [1.29, 1.82) is 0 Å². The summed E-state index contributed by atoms with van der Waals surface area (Å²) in [7, 11) is 3.98. The van der Waals surface area contributed by atoms with Crippen molar-refractivity contribution in [3.63, 3.8) is 0 Å². The number of nitrogens with zero attached hydrogens (tertiary/aromatic N) is 1. The number of anilines is 2. The van der Waals surface area contributed by atoms with E-state index < -0.39 is 5.92 Å². The number of fused-ring (bicyclic) bond motifs is 1. The van der Waals surface area contributed by atoms with Crippen LogP contribution in [-0.4, -0.2) is 25.9 Å². The molecule has 1 aliphatic heterocycles. The first kappa shape index (κ1) is 16.1. The van der Waals surface area contributed by atoms with Crippen LogP contribution in [0.1, 0.15) is 23.5 Å². The van der Waals surface area contributed by atoms with Crippen LogP contribution in [0.3, 0.4) is 0 Å². The molecule has 0 aromatic heterocycles. The normalized spacial score (nSPS) is 16.1. The molecule has 1 atom stereocenters. The summed E-state index contributed by atoms with van der Waals surface area (Å²) >= 11 is 0. The lowest BCUT2D eigenvalue weighted by Gasteiger charge is -2.24. The Bertz CT molecular complexity index is 753. The number of rotatable bonds is 4. The molecule has 0 bridgehead atoms. The molecule has 0 saturated heterocycles. The summed E-state index contributed by atoms with van der Waals surface area (Å²) in [5, 5.41) is 5.76. The molecule has 2 aromatic carbocycles. The molecule has 1 aliphatic rings. The summed E-state index contributed by atoms with van der Waals surface area (Å²) in [6, 6.07) is 15.5. The first-order valence-electron chi connectivity index (χ1n) is 7.97. The fourth-order valence-corrected chi connectivity index (χ4v) is 2.87. The topological polar surface area (TPSA) is 61.4 Å². The first-order chi connectivity index (χ1) is 11.5. The third kappa shape index (κ3) is 3.40. The van der Waals surface area contributed by atoms with Gasteiger partial charge in [0.25, 0.3) is 0 Å². The molecular formula is C19H21N3O2. The number of hydrogen-bond donors (Lipinski definition) is 2. The van der Waals surface area contributed by atoms with Gasteiger partial charge in [0.2, 0.25) is 11.8 Å². The van der Waals surface area contributed by atoms with Gasteiger partial charge >= 0.3 is 0 Å². The van der Waals surface area contributed by atoms with Crippen molar-refractivity contribution < 1.29 is 9.59 Å². The summed E-state index contributed by atoms with van der Waals surface area (Å²) in [6.45, 7) is 0.451. The Morgan fingerprint density at radius 1 is 1.17 bits per heavy atom. The number of benzene rings is 2. The minimum atomic E-state index is -0.434. The lowest BCUT2D eigenvalue weighted by molar-refractivity contribution is -0.126. The van der Waals surface area contributed by atoms with Gasteiger partial charge < -0.3 is 15.5 Å². The van der Waals surface area contributed by atoms with Crippen LogP contribution in [0.15, 0.2) is 48.5 Å². The minimum Gasteiger partial charge on any atom is -0.378 e. The maximum absolute atomic E-state index is 12.6. The summed E-state index contributed by atoms with van der Waals surface area (Å²) in [4.78, 5) is 26.4. The summed E-state index contributed by atoms with van der Waals surface area (Å²) in [5.41, 5.74) is 3.74. The van der Waals surface area contributed by atoms with E-state index >= 15 is 0 Å². The smallest absolute Gasteiger partial charge is 0.228 e. The zero-order valence-electron chi connectivity index (χ0n) is 13.9. The molecule has 5 nitrogen and oxygen atoms in total. The lowest BCUT2D eigenvalue weighted by atomic mass is 9.90. The van der Waals surface area contributed by atoms with Crippen LogP contribution in [0.25, 0.3) is 0 Å². The lowest BCUT2D eigenvalue weighted by Crippen LogP contribution is -2.34. The van der Waals surface area contributed by atoms with Crippen molar-refractivity contribution in [1.82, 2.24) is 5.32 Å². The van der Waals surface area contributed by atoms with Crippen molar-refractivity contribution >= 4 is 23.2 Å². The highest BCUT2D eigenvalue weighted by Gasteiger charge is 2.30. The van der Waals surface area contributed by atoms with Crippen LogP contribution >= 0.6 is 0 Å². The molecule has 5 heteroatoms. The van der Waals surface area contributed by atoms with E-state index in [1.54, 1.807) is 0 Å². The van der Waals surface area contributed by atoms with E-state index in [9.17, 15) is 9.59 Å². The first-order valence-corrected chi connectivity index (χ1v) is 7.97. The van der Waals surface area contributed by atoms with Crippen LogP contribution in [0, 0.1) is 0 Å². The number of amides is 2. The largest absolute Gasteiger partial charge is 0.378 e. The summed E-state index contributed by atoms with van der Waals surface area (Å²) in [6.07, 6.45) is 0.183. The Kier molecular flexibility index (Phi) is 4.51. The molecule has 0 saturated carbocycles. The highest BCUT2D eigenvalue weighted by Crippen LogP contribution is 2.32. The molecule has 2 N–H and O–H groups in total. The van der Waals surface area contributed by atoms with Gasteiger partial charge in [-0.05, 0) is 29.3 Å². The molecule has 2 amide bonds. The number of para-hydroxylation sites is 1. The van der Waals surface area contributed by atoms with Gasteiger partial charge in [0.05, 0.1) is 5.92 Å². The third-order valence-electron chi connectivity index (χ3n) is 4.24. The number of hydrogen-bond acceptors (Lipinski definition) is 3. The van der Waals surface area contributed by atoms with Gasteiger partial charge in [-0.1, -0.05) is 30.3 Å². The van der Waals surface area contributed by atoms with Gasteiger partial charge in [0.1, 0.15) is 0 Å². The molecule has 24 heavy (non-hydrogen) atoms. The average Bonchev–Trinajstić information content (AvgIpc) is 2.59. The van der Waals surface area contributed by atoms with E-state index in [2.05, 4.69) is 10.6 Å². The molecule has 124 valence electrons. The SMILES string of the molecule is CN(C)c1ccc(CNC(=O)[C@H]2CC(=O)Nc3ccccc32)cc1. The molecule has 3 rings (SSSR count).